The van der Waals surface area contributed by atoms with Crippen LogP contribution in [-0.2, 0) is 6.54 Å². The highest BCUT2D eigenvalue weighted by molar-refractivity contribution is 6.30. The summed E-state index contributed by atoms with van der Waals surface area (Å²) in [7, 11) is 0. The fraction of sp³-hybridized carbons (Fsp3) is 0.273. The number of rotatable bonds is 3. The lowest BCUT2D eigenvalue weighted by atomic mass is 10.1. The van der Waals surface area contributed by atoms with Gasteiger partial charge in [0.1, 0.15) is 18.2 Å². The highest BCUT2D eigenvalue weighted by atomic mass is 35.5. The standard InChI is InChI=1S/C11H11ClFN3O/c1-2-16-11(14-6-15-16)10(17)7-3-8(12)5-9(13)4-7/h3-6,10,17H,2H2,1H3. The van der Waals surface area contributed by atoms with Crippen molar-refractivity contribution in [3.8, 4) is 0 Å². The van der Waals surface area contributed by atoms with E-state index in [0.717, 1.165) is 0 Å². The van der Waals surface area contributed by atoms with Crippen molar-refractivity contribution < 1.29 is 9.50 Å². The van der Waals surface area contributed by atoms with E-state index in [4.69, 9.17) is 11.6 Å². The number of hydrogen-bond acceptors (Lipinski definition) is 3. The molecule has 1 unspecified atom stereocenters. The van der Waals surface area contributed by atoms with E-state index in [0.29, 0.717) is 17.9 Å². The fourth-order valence-electron chi connectivity index (χ4n) is 1.61. The van der Waals surface area contributed by atoms with Gasteiger partial charge in [0.2, 0.25) is 0 Å². The maximum Gasteiger partial charge on any atom is 0.160 e. The Morgan fingerprint density at radius 2 is 2.24 bits per heavy atom. The molecule has 0 amide bonds. The molecule has 1 heterocycles. The lowest BCUT2D eigenvalue weighted by Gasteiger charge is -2.11. The van der Waals surface area contributed by atoms with E-state index < -0.39 is 11.9 Å². The molecule has 0 radical (unpaired) electrons. The Kier molecular flexibility index (Phi) is 3.40. The maximum absolute atomic E-state index is 13.2. The Bertz CT molecular complexity index is 509. The molecule has 90 valence electrons. The predicted molar refractivity (Wildman–Crippen MR) is 61.2 cm³/mol. The molecule has 2 rings (SSSR count). The summed E-state index contributed by atoms with van der Waals surface area (Å²) < 4.78 is 14.7. The van der Waals surface area contributed by atoms with Crippen LogP contribution in [0.1, 0.15) is 24.4 Å². The molecule has 0 saturated heterocycles. The van der Waals surface area contributed by atoms with Crippen LogP contribution in [0.2, 0.25) is 5.02 Å². The van der Waals surface area contributed by atoms with Crippen molar-refractivity contribution >= 4 is 11.6 Å². The third kappa shape index (κ3) is 2.45. The molecular weight excluding hydrogens is 245 g/mol. The first-order valence-electron chi connectivity index (χ1n) is 5.13. The number of aliphatic hydroxyl groups excluding tert-OH is 1. The van der Waals surface area contributed by atoms with Crippen LogP contribution in [-0.4, -0.2) is 19.9 Å². The number of hydrogen-bond donors (Lipinski definition) is 1. The molecular formula is C11H11ClFN3O. The lowest BCUT2D eigenvalue weighted by molar-refractivity contribution is 0.202. The lowest BCUT2D eigenvalue weighted by Crippen LogP contribution is -2.10. The van der Waals surface area contributed by atoms with Gasteiger partial charge in [-0.1, -0.05) is 11.6 Å². The van der Waals surface area contributed by atoms with E-state index in [9.17, 15) is 9.50 Å². The summed E-state index contributed by atoms with van der Waals surface area (Å²) in [6.07, 6.45) is 0.314. The number of benzene rings is 1. The molecule has 0 bridgehead atoms. The van der Waals surface area contributed by atoms with Crippen LogP contribution in [0.15, 0.2) is 24.5 Å². The SMILES string of the molecule is CCn1ncnc1C(O)c1cc(F)cc(Cl)c1. The quantitative estimate of drug-likeness (QED) is 0.915. The van der Waals surface area contributed by atoms with Gasteiger partial charge in [-0.25, -0.2) is 14.1 Å². The van der Waals surface area contributed by atoms with Crippen LogP contribution >= 0.6 is 11.6 Å². The molecule has 4 nitrogen and oxygen atoms in total. The van der Waals surface area contributed by atoms with Crippen molar-refractivity contribution in [2.24, 2.45) is 0 Å². The second-order valence-electron chi connectivity index (χ2n) is 3.54. The van der Waals surface area contributed by atoms with Gasteiger partial charge >= 0.3 is 0 Å². The summed E-state index contributed by atoms with van der Waals surface area (Å²) in [6.45, 7) is 2.46. The van der Waals surface area contributed by atoms with Crippen molar-refractivity contribution in [3.05, 3.63) is 46.8 Å². The molecule has 0 spiro atoms. The molecule has 0 aliphatic carbocycles. The Morgan fingerprint density at radius 1 is 1.47 bits per heavy atom. The minimum Gasteiger partial charge on any atom is -0.380 e. The van der Waals surface area contributed by atoms with Crippen molar-refractivity contribution in [3.63, 3.8) is 0 Å². The summed E-state index contributed by atoms with van der Waals surface area (Å²) in [5.74, 6) is -0.122. The van der Waals surface area contributed by atoms with Crippen LogP contribution in [0, 0.1) is 5.82 Å². The van der Waals surface area contributed by atoms with E-state index in [1.807, 2.05) is 6.92 Å². The Balaban J connectivity index is 2.39. The first kappa shape index (κ1) is 12.0. The number of aryl methyl sites for hydroxylation is 1. The Morgan fingerprint density at radius 3 is 2.88 bits per heavy atom. The third-order valence-electron chi connectivity index (χ3n) is 2.39. The van der Waals surface area contributed by atoms with Crippen LogP contribution in [0.4, 0.5) is 4.39 Å². The second-order valence-corrected chi connectivity index (χ2v) is 3.98. The van der Waals surface area contributed by atoms with Gasteiger partial charge in [-0.15, -0.1) is 0 Å². The average molecular weight is 256 g/mol. The van der Waals surface area contributed by atoms with E-state index >= 15 is 0 Å². The minimum atomic E-state index is -1.04. The molecule has 2 aromatic rings. The van der Waals surface area contributed by atoms with Crippen LogP contribution in [0.5, 0.6) is 0 Å². The van der Waals surface area contributed by atoms with Crippen molar-refractivity contribution in [2.75, 3.05) is 0 Å². The summed E-state index contributed by atoms with van der Waals surface area (Å²) in [4.78, 5) is 3.96. The molecule has 0 aliphatic rings. The van der Waals surface area contributed by atoms with E-state index in [2.05, 4.69) is 10.1 Å². The highest BCUT2D eigenvalue weighted by Gasteiger charge is 2.17. The zero-order valence-corrected chi connectivity index (χ0v) is 9.89. The zero-order valence-electron chi connectivity index (χ0n) is 9.14. The average Bonchev–Trinajstić information content (AvgIpc) is 2.74. The Hall–Kier alpha value is -1.46. The minimum absolute atomic E-state index is 0.238. The number of aliphatic hydroxyl groups is 1. The summed E-state index contributed by atoms with van der Waals surface area (Å²) in [6, 6.07) is 3.91. The van der Waals surface area contributed by atoms with Crippen molar-refractivity contribution in [1.29, 1.82) is 0 Å². The van der Waals surface area contributed by atoms with Crippen LogP contribution < -0.4 is 0 Å². The van der Waals surface area contributed by atoms with Gasteiger partial charge in [0, 0.05) is 11.6 Å². The predicted octanol–water partition coefficient (Wildman–Crippen LogP) is 2.17. The topological polar surface area (TPSA) is 50.9 Å². The maximum atomic E-state index is 13.2. The molecule has 0 aliphatic heterocycles. The molecule has 6 heteroatoms. The van der Waals surface area contributed by atoms with Crippen LogP contribution in [0.25, 0.3) is 0 Å². The second kappa shape index (κ2) is 4.81. The van der Waals surface area contributed by atoms with Crippen molar-refractivity contribution in [1.82, 2.24) is 14.8 Å². The summed E-state index contributed by atoms with van der Waals surface area (Å²) >= 11 is 5.74. The van der Waals surface area contributed by atoms with Gasteiger partial charge in [0.25, 0.3) is 0 Å². The molecule has 1 atom stereocenters. The molecule has 0 saturated carbocycles. The number of halogens is 2. The van der Waals surface area contributed by atoms with Crippen molar-refractivity contribution in [2.45, 2.75) is 19.6 Å². The normalized spacial score (nSPS) is 12.7. The molecule has 17 heavy (non-hydrogen) atoms. The largest absolute Gasteiger partial charge is 0.380 e. The van der Waals surface area contributed by atoms with E-state index in [1.54, 1.807) is 4.68 Å². The first-order valence-corrected chi connectivity index (χ1v) is 5.51. The van der Waals surface area contributed by atoms with Gasteiger partial charge in [-0.2, -0.15) is 5.10 Å². The van der Waals surface area contributed by atoms with E-state index in [1.165, 1.54) is 24.5 Å². The molecule has 0 fully saturated rings. The van der Waals surface area contributed by atoms with Gasteiger partial charge in [-0.3, -0.25) is 0 Å². The highest BCUT2D eigenvalue weighted by Crippen LogP contribution is 2.24. The number of aromatic nitrogens is 3. The third-order valence-corrected chi connectivity index (χ3v) is 2.61. The molecule has 1 N–H and O–H groups in total. The molecule has 1 aromatic carbocycles. The fourth-order valence-corrected chi connectivity index (χ4v) is 1.84. The first-order chi connectivity index (χ1) is 8.11. The van der Waals surface area contributed by atoms with Gasteiger partial charge in [0.05, 0.1) is 0 Å². The van der Waals surface area contributed by atoms with Gasteiger partial charge in [0.15, 0.2) is 5.82 Å². The zero-order chi connectivity index (χ0) is 12.4. The summed E-state index contributed by atoms with van der Waals surface area (Å²) in [5.41, 5.74) is 0.359. The number of nitrogens with zero attached hydrogens (tertiary/aromatic N) is 3. The molecule has 1 aromatic heterocycles. The van der Waals surface area contributed by atoms with Gasteiger partial charge < -0.3 is 5.11 Å². The summed E-state index contributed by atoms with van der Waals surface area (Å²) in [5, 5.41) is 14.3. The van der Waals surface area contributed by atoms with Crippen LogP contribution in [0.3, 0.4) is 0 Å². The van der Waals surface area contributed by atoms with E-state index in [-0.39, 0.29) is 5.02 Å². The monoisotopic (exact) mass is 255 g/mol. The Labute approximate surface area is 103 Å². The smallest absolute Gasteiger partial charge is 0.160 e. The van der Waals surface area contributed by atoms with Gasteiger partial charge in [-0.05, 0) is 30.7 Å².